The van der Waals surface area contributed by atoms with Crippen molar-refractivity contribution in [3.05, 3.63) is 41.5 Å². The Kier molecular flexibility index (Phi) is 7.47. The van der Waals surface area contributed by atoms with Crippen LogP contribution >= 0.6 is 0 Å². The number of aliphatic hydroxyl groups is 1. The lowest BCUT2D eigenvalue weighted by Crippen LogP contribution is -2.65. The molecule has 0 saturated heterocycles. The van der Waals surface area contributed by atoms with Crippen molar-refractivity contribution >= 4 is 12.0 Å². The van der Waals surface area contributed by atoms with Crippen LogP contribution in [0.5, 0.6) is 11.5 Å². The molecular formula is C39H56O5. The predicted molar refractivity (Wildman–Crippen MR) is 175 cm³/mol. The highest BCUT2D eigenvalue weighted by atomic mass is 16.5. The van der Waals surface area contributed by atoms with E-state index >= 15 is 0 Å². The first-order chi connectivity index (χ1) is 20.5. The second-order valence-corrected chi connectivity index (χ2v) is 17.6. The zero-order chi connectivity index (χ0) is 31.9. The standard InChI is InChI=1S/C39H56O5/c1-34(2)18-20-39(24-40)21-19-37(6)26(27(39)23-34)10-12-31-36(5)16-15-32(35(3,4)30(36)14-17-38(31,37)7)44-33(43)13-9-25-8-11-28(41)29(42)22-25/h8-11,13,22,27,30-32,40-42H,12,14-21,23-24H2,1-7H3/b13-9+/t27-,30+,31-,32+,36+,37-,38-,39-/m1/s1. The largest absolute Gasteiger partial charge is 0.504 e. The molecule has 0 radical (unpaired) electrons. The Labute approximate surface area is 265 Å². The van der Waals surface area contributed by atoms with Crippen LogP contribution in [0.3, 0.4) is 0 Å². The van der Waals surface area contributed by atoms with E-state index in [0.717, 1.165) is 38.5 Å². The Hall–Kier alpha value is -2.27. The summed E-state index contributed by atoms with van der Waals surface area (Å²) in [5.74, 6) is 0.785. The van der Waals surface area contributed by atoms with E-state index in [9.17, 15) is 20.1 Å². The molecule has 242 valence electrons. The van der Waals surface area contributed by atoms with E-state index in [1.54, 1.807) is 17.7 Å². The molecule has 6 rings (SSSR count). The van der Waals surface area contributed by atoms with Gasteiger partial charge in [-0.15, -0.1) is 0 Å². The van der Waals surface area contributed by atoms with Gasteiger partial charge in [0, 0.05) is 23.5 Å². The molecule has 5 aliphatic carbocycles. The van der Waals surface area contributed by atoms with E-state index in [1.807, 2.05) is 0 Å². The third-order valence-electron chi connectivity index (χ3n) is 14.7. The van der Waals surface area contributed by atoms with Gasteiger partial charge in [-0.1, -0.05) is 66.2 Å². The summed E-state index contributed by atoms with van der Waals surface area (Å²) in [7, 11) is 0. The van der Waals surface area contributed by atoms with E-state index in [1.165, 1.54) is 43.9 Å². The molecule has 4 fully saturated rings. The Balaban J connectivity index is 1.24. The van der Waals surface area contributed by atoms with Crippen molar-refractivity contribution in [2.75, 3.05) is 6.61 Å². The summed E-state index contributed by atoms with van der Waals surface area (Å²) in [5.41, 5.74) is 3.09. The van der Waals surface area contributed by atoms with Crippen LogP contribution < -0.4 is 0 Å². The summed E-state index contributed by atoms with van der Waals surface area (Å²) in [6.45, 7) is 17.6. The van der Waals surface area contributed by atoms with E-state index in [4.69, 9.17) is 4.74 Å². The molecule has 0 aromatic heterocycles. The number of rotatable bonds is 4. The number of allylic oxidation sites excluding steroid dienone is 2. The summed E-state index contributed by atoms with van der Waals surface area (Å²) in [5, 5.41) is 30.2. The lowest BCUT2D eigenvalue weighted by Gasteiger charge is -2.71. The molecule has 1 aromatic rings. The predicted octanol–water partition coefficient (Wildman–Crippen LogP) is 8.82. The summed E-state index contributed by atoms with van der Waals surface area (Å²) >= 11 is 0. The Morgan fingerprint density at radius 3 is 2.34 bits per heavy atom. The van der Waals surface area contributed by atoms with Crippen LogP contribution in [0.15, 0.2) is 35.9 Å². The zero-order valence-electron chi connectivity index (χ0n) is 28.2. The minimum Gasteiger partial charge on any atom is -0.504 e. The number of ether oxygens (including phenoxy) is 1. The van der Waals surface area contributed by atoms with Gasteiger partial charge in [0.05, 0.1) is 0 Å². The molecule has 0 spiro atoms. The molecule has 8 atom stereocenters. The lowest BCUT2D eigenvalue weighted by molar-refractivity contribution is -0.212. The highest BCUT2D eigenvalue weighted by molar-refractivity contribution is 5.87. The molecule has 0 heterocycles. The first kappa shape index (κ1) is 31.7. The molecule has 4 saturated carbocycles. The number of aromatic hydroxyl groups is 2. The smallest absolute Gasteiger partial charge is 0.331 e. The van der Waals surface area contributed by atoms with Gasteiger partial charge < -0.3 is 20.1 Å². The Morgan fingerprint density at radius 2 is 1.64 bits per heavy atom. The van der Waals surface area contributed by atoms with Gasteiger partial charge in [-0.3, -0.25) is 0 Å². The van der Waals surface area contributed by atoms with E-state index in [-0.39, 0.29) is 50.6 Å². The van der Waals surface area contributed by atoms with Gasteiger partial charge in [-0.05, 0) is 127 Å². The van der Waals surface area contributed by atoms with Gasteiger partial charge in [-0.2, -0.15) is 0 Å². The van der Waals surface area contributed by atoms with Crippen LogP contribution in [-0.4, -0.2) is 34.0 Å². The normalized spacial score (nSPS) is 42.3. The molecule has 5 nitrogen and oxygen atoms in total. The minimum atomic E-state index is -0.359. The van der Waals surface area contributed by atoms with Crippen LogP contribution in [0.25, 0.3) is 6.08 Å². The number of hydrogen-bond acceptors (Lipinski definition) is 5. The molecule has 3 N–H and O–H groups in total. The highest BCUT2D eigenvalue weighted by Gasteiger charge is 2.68. The van der Waals surface area contributed by atoms with Crippen molar-refractivity contribution in [2.24, 2.45) is 50.2 Å². The molecule has 0 bridgehead atoms. The van der Waals surface area contributed by atoms with Gasteiger partial charge >= 0.3 is 5.97 Å². The number of benzene rings is 1. The average Bonchev–Trinajstić information content (AvgIpc) is 2.95. The zero-order valence-corrected chi connectivity index (χ0v) is 28.2. The van der Waals surface area contributed by atoms with Crippen molar-refractivity contribution in [3.63, 3.8) is 0 Å². The fourth-order valence-electron chi connectivity index (χ4n) is 11.8. The number of phenols is 2. The molecule has 0 unspecified atom stereocenters. The molecule has 5 aliphatic rings. The summed E-state index contributed by atoms with van der Waals surface area (Å²) in [4.78, 5) is 13.0. The van der Waals surface area contributed by atoms with Crippen LogP contribution in [0.2, 0.25) is 0 Å². The second-order valence-electron chi connectivity index (χ2n) is 17.6. The topological polar surface area (TPSA) is 87.0 Å². The molecule has 1 aromatic carbocycles. The molecule has 5 heteroatoms. The van der Waals surface area contributed by atoms with Crippen LogP contribution in [0.1, 0.15) is 118 Å². The third-order valence-corrected chi connectivity index (χ3v) is 14.7. The van der Waals surface area contributed by atoms with Crippen LogP contribution in [0.4, 0.5) is 0 Å². The third kappa shape index (κ3) is 4.61. The number of esters is 1. The van der Waals surface area contributed by atoms with Crippen molar-refractivity contribution in [1.82, 2.24) is 0 Å². The molecular weight excluding hydrogens is 548 g/mol. The number of carbonyl (C=O) groups excluding carboxylic acids is 1. The molecule has 0 amide bonds. The number of hydrogen-bond donors (Lipinski definition) is 3. The quantitative estimate of drug-likeness (QED) is 0.138. The van der Waals surface area contributed by atoms with Crippen molar-refractivity contribution in [3.8, 4) is 11.5 Å². The monoisotopic (exact) mass is 604 g/mol. The molecule has 0 aliphatic heterocycles. The van der Waals surface area contributed by atoms with E-state index in [2.05, 4.69) is 54.5 Å². The minimum absolute atomic E-state index is 0.0617. The van der Waals surface area contributed by atoms with E-state index in [0.29, 0.717) is 35.3 Å². The van der Waals surface area contributed by atoms with Crippen molar-refractivity contribution in [2.45, 2.75) is 119 Å². The highest BCUT2D eigenvalue weighted by Crippen LogP contribution is 2.75. The lowest BCUT2D eigenvalue weighted by atomic mass is 9.33. The van der Waals surface area contributed by atoms with E-state index < -0.39 is 0 Å². The number of phenolic OH excluding ortho intramolecular Hbond substituents is 2. The maximum atomic E-state index is 13.0. The maximum Gasteiger partial charge on any atom is 0.331 e. The fourth-order valence-corrected chi connectivity index (χ4v) is 11.8. The van der Waals surface area contributed by atoms with Crippen molar-refractivity contribution < 1.29 is 24.9 Å². The first-order valence-electron chi connectivity index (χ1n) is 17.2. The average molecular weight is 605 g/mol. The fraction of sp³-hybridized carbons (Fsp3) is 0.718. The first-order valence-corrected chi connectivity index (χ1v) is 17.2. The number of aliphatic hydroxyl groups excluding tert-OH is 1. The number of carbonyl (C=O) groups is 1. The number of fused-ring (bicyclic) bond motifs is 7. The Bertz CT molecular complexity index is 1370. The maximum absolute atomic E-state index is 13.0. The summed E-state index contributed by atoms with van der Waals surface area (Å²) in [6, 6.07) is 4.51. The summed E-state index contributed by atoms with van der Waals surface area (Å²) < 4.78 is 6.17. The molecule has 44 heavy (non-hydrogen) atoms. The van der Waals surface area contributed by atoms with Gasteiger partial charge in [0.25, 0.3) is 0 Å². The van der Waals surface area contributed by atoms with Crippen LogP contribution in [-0.2, 0) is 9.53 Å². The van der Waals surface area contributed by atoms with Gasteiger partial charge in [-0.25, -0.2) is 4.79 Å². The Morgan fingerprint density at radius 1 is 0.909 bits per heavy atom. The van der Waals surface area contributed by atoms with Crippen LogP contribution in [0, 0.1) is 50.2 Å². The van der Waals surface area contributed by atoms with Gasteiger partial charge in [0.2, 0.25) is 0 Å². The van der Waals surface area contributed by atoms with Gasteiger partial charge in [0.15, 0.2) is 11.5 Å². The second kappa shape index (κ2) is 10.4. The summed E-state index contributed by atoms with van der Waals surface area (Å²) in [6.07, 6.45) is 16.8. The van der Waals surface area contributed by atoms with Gasteiger partial charge in [0.1, 0.15) is 6.10 Å². The van der Waals surface area contributed by atoms with Crippen molar-refractivity contribution in [1.29, 1.82) is 0 Å². The SMILES string of the molecule is CC1(C)CC[C@]2(CO)CC[C@]3(C)C(=CC[C@@H]4[C@@]5(C)CC[C@H](OC(=O)/C=C/c6ccc(O)c(O)c6)C(C)(C)[C@@H]5CC[C@]43C)[C@H]2C1.